The molecular weight excluding hydrogens is 490 g/mol. The van der Waals surface area contributed by atoms with E-state index in [4.69, 9.17) is 9.47 Å². The first-order chi connectivity index (χ1) is 18.4. The fourth-order valence-corrected chi connectivity index (χ4v) is 4.75. The molecule has 2 aromatic rings. The zero-order valence-electron chi connectivity index (χ0n) is 21.5. The maximum Gasteiger partial charge on any atom is 0.295 e. The van der Waals surface area contributed by atoms with Crippen LogP contribution in [0, 0.1) is 10.1 Å². The number of amides is 1. The summed E-state index contributed by atoms with van der Waals surface area (Å²) < 4.78 is 11.1. The number of unbranched alkanes of at least 4 members (excludes halogenated alkanes) is 1. The van der Waals surface area contributed by atoms with Crippen LogP contribution in [-0.4, -0.2) is 77.5 Å². The van der Waals surface area contributed by atoms with E-state index in [1.165, 1.54) is 29.2 Å². The number of nitrogens with zero attached hydrogens (tertiary/aromatic N) is 3. The fourth-order valence-electron chi connectivity index (χ4n) is 4.75. The van der Waals surface area contributed by atoms with E-state index in [-0.39, 0.29) is 17.0 Å². The minimum Gasteiger partial charge on any atom is -0.507 e. The zero-order valence-corrected chi connectivity index (χ0v) is 21.5. The quantitative estimate of drug-likeness (QED) is 0.117. The van der Waals surface area contributed by atoms with Crippen LogP contribution in [0.15, 0.2) is 54.1 Å². The highest BCUT2D eigenvalue weighted by atomic mass is 16.6. The molecule has 2 heterocycles. The number of aliphatic hydroxyl groups is 1. The van der Waals surface area contributed by atoms with Crippen LogP contribution in [0.25, 0.3) is 5.76 Å². The Morgan fingerprint density at radius 3 is 2.53 bits per heavy atom. The van der Waals surface area contributed by atoms with Gasteiger partial charge in [0.2, 0.25) is 0 Å². The number of carbonyl (C=O) groups excluding carboxylic acids is 2. The number of hydrogen-bond acceptors (Lipinski definition) is 8. The summed E-state index contributed by atoms with van der Waals surface area (Å²) in [6, 6.07) is 11.6. The largest absolute Gasteiger partial charge is 0.507 e. The van der Waals surface area contributed by atoms with Gasteiger partial charge in [0.05, 0.1) is 36.4 Å². The Kier molecular flexibility index (Phi) is 9.09. The summed E-state index contributed by atoms with van der Waals surface area (Å²) >= 11 is 0. The first-order valence-electron chi connectivity index (χ1n) is 13.0. The Morgan fingerprint density at radius 1 is 1.11 bits per heavy atom. The molecule has 0 spiro atoms. The number of likely N-dealkylation sites (tertiary alicyclic amines) is 1. The Labute approximate surface area is 221 Å². The number of carbonyl (C=O) groups is 2. The van der Waals surface area contributed by atoms with Crippen LogP contribution in [0.5, 0.6) is 5.75 Å². The number of hydrogen-bond donors (Lipinski definition) is 1. The Balaban J connectivity index is 1.66. The molecule has 0 aliphatic carbocycles. The lowest BCUT2D eigenvalue weighted by molar-refractivity contribution is -0.384. The van der Waals surface area contributed by atoms with Gasteiger partial charge < -0.3 is 19.5 Å². The molecule has 4 rings (SSSR count). The van der Waals surface area contributed by atoms with Gasteiger partial charge in [0.15, 0.2) is 0 Å². The molecule has 1 N–H and O–H groups in total. The third-order valence-electron chi connectivity index (χ3n) is 6.81. The molecule has 10 nitrogen and oxygen atoms in total. The smallest absolute Gasteiger partial charge is 0.295 e. The molecule has 0 bridgehead atoms. The number of rotatable bonds is 11. The van der Waals surface area contributed by atoms with Gasteiger partial charge in [0, 0.05) is 43.9 Å². The number of aliphatic hydroxyl groups excluding tert-OH is 1. The van der Waals surface area contributed by atoms with Crippen molar-refractivity contribution < 1.29 is 29.1 Å². The van der Waals surface area contributed by atoms with Gasteiger partial charge in [0.1, 0.15) is 11.5 Å². The first kappa shape index (κ1) is 27.3. The number of ketones is 1. The summed E-state index contributed by atoms with van der Waals surface area (Å²) in [4.78, 5) is 40.9. The predicted molar refractivity (Wildman–Crippen MR) is 141 cm³/mol. The van der Waals surface area contributed by atoms with E-state index in [2.05, 4.69) is 11.8 Å². The molecule has 1 amide bonds. The topological polar surface area (TPSA) is 122 Å². The average molecular weight is 524 g/mol. The van der Waals surface area contributed by atoms with Crippen LogP contribution in [0.2, 0.25) is 0 Å². The predicted octanol–water partition coefficient (Wildman–Crippen LogP) is 3.92. The van der Waals surface area contributed by atoms with Gasteiger partial charge in [0.25, 0.3) is 17.4 Å². The first-order valence-corrected chi connectivity index (χ1v) is 13.0. The minimum atomic E-state index is -0.870. The number of Topliss-reactive ketones (excluding diaryl/α,β-unsaturated/α-hetero) is 1. The number of nitro groups is 1. The highest BCUT2D eigenvalue weighted by Gasteiger charge is 2.46. The second kappa shape index (κ2) is 12.7. The maximum absolute atomic E-state index is 13.3. The summed E-state index contributed by atoms with van der Waals surface area (Å²) in [6.07, 6.45) is 2.48. The lowest BCUT2D eigenvalue weighted by Crippen LogP contribution is -2.38. The van der Waals surface area contributed by atoms with E-state index in [9.17, 15) is 24.8 Å². The average Bonchev–Trinajstić information content (AvgIpc) is 3.18. The van der Waals surface area contributed by atoms with Crippen LogP contribution >= 0.6 is 0 Å². The summed E-state index contributed by atoms with van der Waals surface area (Å²) in [5.41, 5.74) is 0.728. The van der Waals surface area contributed by atoms with Crippen molar-refractivity contribution >= 4 is 23.1 Å². The fraction of sp³-hybridized carbons (Fsp3) is 0.429. The maximum atomic E-state index is 13.3. The second-order valence-electron chi connectivity index (χ2n) is 9.38. The molecule has 1 unspecified atom stereocenters. The minimum absolute atomic E-state index is 0.0408. The molecule has 0 saturated carbocycles. The van der Waals surface area contributed by atoms with Crippen molar-refractivity contribution in [3.05, 3.63) is 75.3 Å². The van der Waals surface area contributed by atoms with Crippen LogP contribution in [0.3, 0.4) is 0 Å². The van der Waals surface area contributed by atoms with E-state index >= 15 is 0 Å². The lowest BCUT2D eigenvalue weighted by atomic mass is 9.95. The lowest BCUT2D eigenvalue weighted by Gasteiger charge is -2.29. The van der Waals surface area contributed by atoms with Crippen molar-refractivity contribution in [2.45, 2.75) is 32.2 Å². The Hall–Kier alpha value is -3.76. The van der Waals surface area contributed by atoms with Gasteiger partial charge in [-0.25, -0.2) is 0 Å². The van der Waals surface area contributed by atoms with Crippen molar-refractivity contribution in [1.29, 1.82) is 0 Å². The summed E-state index contributed by atoms with van der Waals surface area (Å²) in [5, 5.41) is 22.5. The zero-order chi connectivity index (χ0) is 27.1. The monoisotopic (exact) mass is 523 g/mol. The van der Waals surface area contributed by atoms with E-state index < -0.39 is 22.7 Å². The van der Waals surface area contributed by atoms with E-state index in [0.29, 0.717) is 49.7 Å². The van der Waals surface area contributed by atoms with Crippen molar-refractivity contribution in [3.8, 4) is 5.75 Å². The van der Waals surface area contributed by atoms with Crippen molar-refractivity contribution in [2.24, 2.45) is 0 Å². The van der Waals surface area contributed by atoms with Gasteiger partial charge in [-0.05, 0) is 42.7 Å². The number of ether oxygens (including phenoxy) is 2. The van der Waals surface area contributed by atoms with Crippen molar-refractivity contribution in [2.75, 3.05) is 46.0 Å². The van der Waals surface area contributed by atoms with Crippen LogP contribution in [0.4, 0.5) is 5.69 Å². The molecule has 38 heavy (non-hydrogen) atoms. The molecule has 0 radical (unpaired) electrons. The molecule has 2 fully saturated rings. The standard InChI is InChI=1S/C28H33N3O7/c1-2-3-16-38-23-7-4-6-21(19-23)26(32)24-25(20-8-10-22(11-9-20)31(35)36)30(28(34)27(24)33)13-5-12-29-14-17-37-18-15-29/h4,6-11,19,25,32H,2-3,5,12-18H2,1H3/b26-24+. The molecule has 0 aromatic heterocycles. The molecule has 2 aliphatic heterocycles. The molecule has 1 atom stereocenters. The SMILES string of the molecule is CCCCOc1cccc(/C(O)=C2\C(=O)C(=O)N(CCCN3CCOCC3)C2c2ccc([N+](=O)[O-])cc2)c1. The Bertz CT molecular complexity index is 1190. The molecule has 202 valence electrons. The molecular formula is C28H33N3O7. The second-order valence-corrected chi connectivity index (χ2v) is 9.38. The van der Waals surface area contributed by atoms with Gasteiger partial charge in [-0.2, -0.15) is 0 Å². The van der Waals surface area contributed by atoms with Crippen LogP contribution < -0.4 is 4.74 Å². The normalized spacial score (nSPS) is 19.6. The van der Waals surface area contributed by atoms with Gasteiger partial charge in [-0.15, -0.1) is 0 Å². The highest BCUT2D eigenvalue weighted by molar-refractivity contribution is 6.46. The number of nitro benzene ring substituents is 1. The van der Waals surface area contributed by atoms with Crippen molar-refractivity contribution in [1.82, 2.24) is 9.80 Å². The van der Waals surface area contributed by atoms with E-state index in [1.807, 2.05) is 0 Å². The summed E-state index contributed by atoms with van der Waals surface area (Å²) in [7, 11) is 0. The highest BCUT2D eigenvalue weighted by Crippen LogP contribution is 2.40. The van der Waals surface area contributed by atoms with E-state index in [0.717, 1.165) is 32.5 Å². The molecule has 2 aliphatic rings. The van der Waals surface area contributed by atoms with Gasteiger partial charge in [-0.1, -0.05) is 25.5 Å². The molecule has 2 saturated heterocycles. The summed E-state index contributed by atoms with van der Waals surface area (Å²) in [5.74, 6) is -1.24. The van der Waals surface area contributed by atoms with Crippen LogP contribution in [-0.2, 0) is 14.3 Å². The van der Waals surface area contributed by atoms with Crippen LogP contribution in [0.1, 0.15) is 43.4 Å². The third kappa shape index (κ3) is 6.20. The van der Waals surface area contributed by atoms with E-state index in [1.54, 1.807) is 24.3 Å². The Morgan fingerprint density at radius 2 is 1.84 bits per heavy atom. The van der Waals surface area contributed by atoms with Gasteiger partial charge in [-0.3, -0.25) is 24.6 Å². The summed E-state index contributed by atoms with van der Waals surface area (Å²) in [6.45, 7) is 6.55. The number of non-ortho nitro benzene ring substituents is 1. The molecule has 10 heteroatoms. The molecule has 2 aromatic carbocycles. The van der Waals surface area contributed by atoms with Gasteiger partial charge >= 0.3 is 0 Å². The third-order valence-corrected chi connectivity index (χ3v) is 6.81. The number of benzene rings is 2. The van der Waals surface area contributed by atoms with Crippen molar-refractivity contribution in [3.63, 3.8) is 0 Å². The number of morpholine rings is 1.